The summed E-state index contributed by atoms with van der Waals surface area (Å²) >= 11 is 0. The maximum atomic E-state index is 5.78. The highest BCUT2D eigenvalue weighted by molar-refractivity contribution is 5.27. The zero-order chi connectivity index (χ0) is 10.7. The van der Waals surface area contributed by atoms with Gasteiger partial charge < -0.3 is 10.1 Å². The second-order valence-electron chi connectivity index (χ2n) is 4.36. The summed E-state index contributed by atoms with van der Waals surface area (Å²) in [6.45, 7) is 2.87. The van der Waals surface area contributed by atoms with Crippen molar-refractivity contribution in [3.8, 4) is 5.75 Å². The first kappa shape index (κ1) is 10.5. The number of hydrogen-bond donors (Lipinski definition) is 1. The Morgan fingerprint density at radius 3 is 2.87 bits per heavy atom. The highest BCUT2D eigenvalue weighted by Crippen LogP contribution is 2.32. The van der Waals surface area contributed by atoms with Crippen molar-refractivity contribution in [2.45, 2.75) is 25.8 Å². The molecule has 0 radical (unpaired) electrons. The molecule has 2 rings (SSSR count). The highest BCUT2D eigenvalue weighted by atomic mass is 16.5. The minimum atomic E-state index is 0.519. The lowest BCUT2D eigenvalue weighted by Crippen LogP contribution is -2.33. The molecule has 1 unspecified atom stereocenters. The van der Waals surface area contributed by atoms with E-state index in [1.54, 1.807) is 0 Å². The molecule has 1 aliphatic carbocycles. The number of nitrogens with one attached hydrogen (secondary N) is 1. The molecule has 1 fully saturated rings. The van der Waals surface area contributed by atoms with E-state index < -0.39 is 0 Å². The summed E-state index contributed by atoms with van der Waals surface area (Å²) in [6.07, 6.45) is 2.70. The summed E-state index contributed by atoms with van der Waals surface area (Å²) in [5.41, 5.74) is 1.25. The van der Waals surface area contributed by atoms with E-state index >= 15 is 0 Å². The van der Waals surface area contributed by atoms with Crippen LogP contribution in [-0.2, 0) is 0 Å². The molecule has 82 valence electrons. The SMILES string of the molecule is CNC(COc1cccc(C)c1)C1CC1. The van der Waals surface area contributed by atoms with Crippen LogP contribution in [0.2, 0.25) is 0 Å². The Hall–Kier alpha value is -1.02. The van der Waals surface area contributed by atoms with E-state index in [1.165, 1.54) is 18.4 Å². The van der Waals surface area contributed by atoms with Crippen LogP contribution in [0.4, 0.5) is 0 Å². The molecular weight excluding hydrogens is 186 g/mol. The predicted molar refractivity (Wildman–Crippen MR) is 62.2 cm³/mol. The van der Waals surface area contributed by atoms with E-state index in [4.69, 9.17) is 4.74 Å². The molecule has 2 heteroatoms. The largest absolute Gasteiger partial charge is 0.492 e. The third-order valence-electron chi connectivity index (χ3n) is 2.98. The minimum absolute atomic E-state index is 0.519. The summed E-state index contributed by atoms with van der Waals surface area (Å²) < 4.78 is 5.78. The molecule has 0 aliphatic heterocycles. The molecule has 0 heterocycles. The summed E-state index contributed by atoms with van der Waals surface area (Å²) in [7, 11) is 2.02. The second-order valence-corrected chi connectivity index (χ2v) is 4.36. The van der Waals surface area contributed by atoms with Gasteiger partial charge >= 0.3 is 0 Å². The van der Waals surface area contributed by atoms with Crippen molar-refractivity contribution in [2.24, 2.45) is 5.92 Å². The number of ether oxygens (including phenoxy) is 1. The van der Waals surface area contributed by atoms with Crippen molar-refractivity contribution in [3.05, 3.63) is 29.8 Å². The highest BCUT2D eigenvalue weighted by Gasteiger charge is 2.30. The van der Waals surface area contributed by atoms with Gasteiger partial charge in [0.2, 0.25) is 0 Å². The van der Waals surface area contributed by atoms with Crippen LogP contribution in [0.3, 0.4) is 0 Å². The van der Waals surface area contributed by atoms with Crippen LogP contribution in [0, 0.1) is 12.8 Å². The molecule has 1 aromatic rings. The molecule has 0 spiro atoms. The summed E-state index contributed by atoms with van der Waals surface area (Å²) in [6, 6.07) is 8.75. The molecule has 0 aromatic heterocycles. The lowest BCUT2D eigenvalue weighted by Gasteiger charge is -2.16. The molecule has 15 heavy (non-hydrogen) atoms. The number of benzene rings is 1. The van der Waals surface area contributed by atoms with Crippen LogP contribution in [-0.4, -0.2) is 19.7 Å². The van der Waals surface area contributed by atoms with Crippen LogP contribution >= 0.6 is 0 Å². The first-order valence-electron chi connectivity index (χ1n) is 5.66. The third kappa shape index (κ3) is 2.96. The molecule has 1 atom stereocenters. The monoisotopic (exact) mass is 205 g/mol. The van der Waals surface area contributed by atoms with Crippen molar-refractivity contribution in [3.63, 3.8) is 0 Å². The Morgan fingerprint density at radius 2 is 2.27 bits per heavy atom. The number of hydrogen-bond acceptors (Lipinski definition) is 2. The molecular formula is C13H19NO. The average Bonchev–Trinajstić information content (AvgIpc) is 3.03. The Kier molecular flexibility index (Phi) is 3.27. The van der Waals surface area contributed by atoms with Crippen molar-refractivity contribution >= 4 is 0 Å². The molecule has 1 aliphatic rings. The van der Waals surface area contributed by atoms with Gasteiger partial charge in [0.1, 0.15) is 12.4 Å². The molecule has 2 nitrogen and oxygen atoms in total. The lowest BCUT2D eigenvalue weighted by atomic mass is 10.2. The van der Waals surface area contributed by atoms with Gasteiger partial charge in [0.25, 0.3) is 0 Å². The number of likely N-dealkylation sites (N-methyl/N-ethyl adjacent to an activating group) is 1. The summed E-state index contributed by atoms with van der Waals surface area (Å²) in [4.78, 5) is 0. The van der Waals surface area contributed by atoms with Crippen LogP contribution in [0.15, 0.2) is 24.3 Å². The van der Waals surface area contributed by atoms with Gasteiger partial charge in [-0.1, -0.05) is 12.1 Å². The van der Waals surface area contributed by atoms with Crippen molar-refractivity contribution < 1.29 is 4.74 Å². The van der Waals surface area contributed by atoms with Crippen LogP contribution < -0.4 is 10.1 Å². The molecule has 0 bridgehead atoms. The maximum Gasteiger partial charge on any atom is 0.119 e. The predicted octanol–water partition coefficient (Wildman–Crippen LogP) is 2.37. The summed E-state index contributed by atoms with van der Waals surface area (Å²) in [5.74, 6) is 1.82. The van der Waals surface area contributed by atoms with E-state index in [9.17, 15) is 0 Å². The van der Waals surface area contributed by atoms with Gasteiger partial charge in [0.15, 0.2) is 0 Å². The van der Waals surface area contributed by atoms with E-state index in [2.05, 4.69) is 24.4 Å². The zero-order valence-electron chi connectivity index (χ0n) is 9.49. The standard InChI is InChI=1S/C13H19NO/c1-10-4-3-5-12(8-10)15-9-13(14-2)11-6-7-11/h3-5,8,11,13-14H,6-7,9H2,1-2H3. The van der Waals surface area contributed by atoms with E-state index in [-0.39, 0.29) is 0 Å². The van der Waals surface area contributed by atoms with Crippen LogP contribution in [0.25, 0.3) is 0 Å². The smallest absolute Gasteiger partial charge is 0.119 e. The maximum absolute atomic E-state index is 5.78. The van der Waals surface area contributed by atoms with Crippen molar-refractivity contribution in [1.29, 1.82) is 0 Å². The quantitative estimate of drug-likeness (QED) is 0.797. The van der Waals surface area contributed by atoms with Crippen LogP contribution in [0.1, 0.15) is 18.4 Å². The van der Waals surface area contributed by atoms with Crippen molar-refractivity contribution in [2.75, 3.05) is 13.7 Å². The van der Waals surface area contributed by atoms with E-state index in [0.717, 1.165) is 18.3 Å². The molecule has 1 N–H and O–H groups in total. The number of aryl methyl sites for hydroxylation is 1. The average molecular weight is 205 g/mol. The fraction of sp³-hybridized carbons (Fsp3) is 0.538. The normalized spacial score (nSPS) is 17.5. The summed E-state index contributed by atoms with van der Waals surface area (Å²) in [5, 5.41) is 3.32. The first-order valence-corrected chi connectivity index (χ1v) is 5.66. The Morgan fingerprint density at radius 1 is 1.47 bits per heavy atom. The van der Waals surface area contributed by atoms with Gasteiger partial charge in [-0.2, -0.15) is 0 Å². The first-order chi connectivity index (χ1) is 7.29. The molecule has 0 saturated heterocycles. The van der Waals surface area contributed by atoms with E-state index in [1.807, 2.05) is 19.2 Å². The Bertz CT molecular complexity index is 320. The fourth-order valence-corrected chi connectivity index (χ4v) is 1.84. The minimum Gasteiger partial charge on any atom is -0.492 e. The van der Waals surface area contributed by atoms with E-state index in [0.29, 0.717) is 6.04 Å². The van der Waals surface area contributed by atoms with Gasteiger partial charge in [-0.05, 0) is 50.4 Å². The van der Waals surface area contributed by atoms with Crippen LogP contribution in [0.5, 0.6) is 5.75 Å². The zero-order valence-corrected chi connectivity index (χ0v) is 9.49. The lowest BCUT2D eigenvalue weighted by molar-refractivity contribution is 0.256. The van der Waals surface area contributed by atoms with Gasteiger partial charge in [0, 0.05) is 6.04 Å². The molecule has 0 amide bonds. The second kappa shape index (κ2) is 4.67. The number of rotatable bonds is 5. The van der Waals surface area contributed by atoms with Gasteiger partial charge in [0.05, 0.1) is 0 Å². The fourth-order valence-electron chi connectivity index (χ4n) is 1.84. The van der Waals surface area contributed by atoms with Gasteiger partial charge in [-0.25, -0.2) is 0 Å². The van der Waals surface area contributed by atoms with Gasteiger partial charge in [-0.15, -0.1) is 0 Å². The molecule has 1 aromatic carbocycles. The third-order valence-corrected chi connectivity index (χ3v) is 2.98. The Balaban J connectivity index is 1.86. The topological polar surface area (TPSA) is 21.3 Å². The van der Waals surface area contributed by atoms with Crippen molar-refractivity contribution in [1.82, 2.24) is 5.32 Å². The van der Waals surface area contributed by atoms with Gasteiger partial charge in [-0.3, -0.25) is 0 Å². The Labute approximate surface area is 91.6 Å². The molecule has 1 saturated carbocycles.